The molecule has 4 heterocycles. The zero-order valence-corrected chi connectivity index (χ0v) is 20.1. The molecular weight excluding hydrogens is 456 g/mol. The molecule has 1 aliphatic rings. The second-order valence-corrected chi connectivity index (χ2v) is 9.48. The van der Waals surface area contributed by atoms with Crippen LogP contribution in [0.2, 0.25) is 0 Å². The van der Waals surface area contributed by atoms with Gasteiger partial charge in [-0.1, -0.05) is 6.92 Å². The fourth-order valence-corrected chi connectivity index (χ4v) is 5.39. The molecule has 0 aliphatic carbocycles. The Balaban J connectivity index is 1.48. The van der Waals surface area contributed by atoms with Crippen LogP contribution in [-0.4, -0.2) is 38.4 Å². The lowest BCUT2D eigenvalue weighted by atomic mass is 10.00. The van der Waals surface area contributed by atoms with E-state index in [1.165, 1.54) is 22.2 Å². The number of fused-ring (bicyclic) bond motifs is 1. The van der Waals surface area contributed by atoms with Gasteiger partial charge in [-0.3, -0.25) is 23.5 Å². The van der Waals surface area contributed by atoms with Gasteiger partial charge >= 0.3 is 5.69 Å². The maximum absolute atomic E-state index is 13.3. The Morgan fingerprint density at radius 2 is 2.06 bits per heavy atom. The largest absolute Gasteiger partial charge is 0.467 e. The van der Waals surface area contributed by atoms with Crippen LogP contribution in [0.5, 0.6) is 0 Å². The van der Waals surface area contributed by atoms with Crippen LogP contribution in [0.1, 0.15) is 51.2 Å². The minimum atomic E-state index is -0.509. The Morgan fingerprint density at radius 1 is 1.21 bits per heavy atom. The Bertz CT molecular complexity index is 1260. The number of nitrogens with zero attached hydrogens (tertiary/aromatic N) is 3. The second kappa shape index (κ2) is 10.9. The van der Waals surface area contributed by atoms with Gasteiger partial charge in [0.25, 0.3) is 5.56 Å². The number of aromatic nitrogens is 2. The molecule has 0 saturated carbocycles. The summed E-state index contributed by atoms with van der Waals surface area (Å²) in [5.41, 5.74) is -0.393. The van der Waals surface area contributed by atoms with Crippen LogP contribution in [0.15, 0.2) is 43.8 Å². The van der Waals surface area contributed by atoms with Crippen molar-refractivity contribution in [3.05, 3.63) is 56.4 Å². The van der Waals surface area contributed by atoms with Gasteiger partial charge in [0, 0.05) is 25.6 Å². The van der Waals surface area contributed by atoms with E-state index in [0.29, 0.717) is 28.9 Å². The van der Waals surface area contributed by atoms with Crippen molar-refractivity contribution in [2.45, 2.75) is 71.1 Å². The molecule has 1 atom stereocenters. The zero-order chi connectivity index (χ0) is 24.1. The Morgan fingerprint density at radius 3 is 2.82 bits per heavy atom. The Hall–Kier alpha value is -3.14. The number of piperidine rings is 1. The van der Waals surface area contributed by atoms with Crippen molar-refractivity contribution in [3.63, 3.8) is 0 Å². The van der Waals surface area contributed by atoms with Crippen LogP contribution in [-0.2, 0) is 29.2 Å². The highest BCUT2D eigenvalue weighted by Gasteiger charge is 2.26. The van der Waals surface area contributed by atoms with Crippen molar-refractivity contribution in [2.24, 2.45) is 0 Å². The number of hydrogen-bond donors (Lipinski definition) is 1. The number of amides is 2. The molecule has 0 aromatic carbocycles. The number of hydrogen-bond acceptors (Lipinski definition) is 6. The van der Waals surface area contributed by atoms with E-state index < -0.39 is 5.69 Å². The van der Waals surface area contributed by atoms with Gasteiger partial charge in [-0.05, 0) is 55.7 Å². The highest BCUT2D eigenvalue weighted by atomic mass is 32.1. The fraction of sp³-hybridized carbons (Fsp3) is 0.500. The van der Waals surface area contributed by atoms with Crippen LogP contribution in [0.3, 0.4) is 0 Å². The van der Waals surface area contributed by atoms with Crippen LogP contribution in [0.25, 0.3) is 10.2 Å². The summed E-state index contributed by atoms with van der Waals surface area (Å²) in [6.45, 7) is 3.08. The van der Waals surface area contributed by atoms with Gasteiger partial charge < -0.3 is 14.6 Å². The van der Waals surface area contributed by atoms with Gasteiger partial charge in [0.2, 0.25) is 11.8 Å². The maximum Gasteiger partial charge on any atom is 0.332 e. The molecule has 1 saturated heterocycles. The lowest BCUT2D eigenvalue weighted by Crippen LogP contribution is -2.47. The van der Waals surface area contributed by atoms with Crippen molar-refractivity contribution in [2.75, 3.05) is 6.54 Å². The smallest absolute Gasteiger partial charge is 0.332 e. The monoisotopic (exact) mass is 486 g/mol. The standard InChI is InChI=1S/C24H30N4O5S/c1-2-17-7-3-4-11-26(17)21(30)16-28-19-10-14-34-22(19)23(31)27(24(28)32)12-5-9-20(29)25-15-18-8-6-13-33-18/h6,8,10,13-14,17H,2-5,7,9,11-12,15-16H2,1H3,(H,25,29)/t17-/m0/s1. The summed E-state index contributed by atoms with van der Waals surface area (Å²) >= 11 is 1.26. The van der Waals surface area contributed by atoms with Gasteiger partial charge in [-0.2, -0.15) is 0 Å². The summed E-state index contributed by atoms with van der Waals surface area (Å²) in [6, 6.07) is 5.43. The Kier molecular flexibility index (Phi) is 7.66. The van der Waals surface area contributed by atoms with Crippen LogP contribution in [0, 0.1) is 0 Å². The summed E-state index contributed by atoms with van der Waals surface area (Å²) in [6.07, 6.45) is 5.97. The topological polar surface area (TPSA) is 107 Å². The second-order valence-electron chi connectivity index (χ2n) is 8.57. The van der Waals surface area contributed by atoms with E-state index in [1.54, 1.807) is 23.6 Å². The van der Waals surface area contributed by atoms with Crippen molar-refractivity contribution < 1.29 is 14.0 Å². The number of carbonyl (C=O) groups excluding carboxylic acids is 2. The van der Waals surface area contributed by atoms with E-state index in [-0.39, 0.29) is 49.5 Å². The molecule has 3 aromatic rings. The van der Waals surface area contributed by atoms with Gasteiger partial charge in [-0.15, -0.1) is 11.3 Å². The highest BCUT2D eigenvalue weighted by Crippen LogP contribution is 2.21. The van der Waals surface area contributed by atoms with Crippen molar-refractivity contribution in [1.82, 2.24) is 19.4 Å². The molecule has 10 heteroatoms. The molecule has 2 amide bonds. The molecule has 9 nitrogen and oxygen atoms in total. The summed E-state index contributed by atoms with van der Waals surface area (Å²) < 4.78 is 8.20. The molecule has 0 unspecified atom stereocenters. The summed E-state index contributed by atoms with van der Waals surface area (Å²) in [7, 11) is 0. The number of rotatable bonds is 9. The van der Waals surface area contributed by atoms with E-state index >= 15 is 0 Å². The lowest BCUT2D eigenvalue weighted by Gasteiger charge is -2.35. The molecule has 0 radical (unpaired) electrons. The Labute approximate surface area is 201 Å². The number of furan rings is 1. The normalized spacial score (nSPS) is 16.1. The zero-order valence-electron chi connectivity index (χ0n) is 19.3. The van der Waals surface area contributed by atoms with Crippen LogP contribution in [0.4, 0.5) is 0 Å². The van der Waals surface area contributed by atoms with E-state index in [0.717, 1.165) is 30.3 Å². The van der Waals surface area contributed by atoms with E-state index in [9.17, 15) is 19.2 Å². The van der Waals surface area contributed by atoms with E-state index in [4.69, 9.17) is 4.42 Å². The number of carbonyl (C=O) groups is 2. The quantitative estimate of drug-likeness (QED) is 0.501. The number of thiophene rings is 1. The van der Waals surface area contributed by atoms with Crippen LogP contribution < -0.4 is 16.6 Å². The fourth-order valence-electron chi connectivity index (χ4n) is 4.55. The first-order valence-electron chi connectivity index (χ1n) is 11.8. The first-order chi connectivity index (χ1) is 16.5. The predicted molar refractivity (Wildman–Crippen MR) is 130 cm³/mol. The third-order valence-corrected chi connectivity index (χ3v) is 7.27. The SMILES string of the molecule is CC[C@H]1CCCCN1C(=O)Cn1c(=O)n(CCCC(=O)NCc2ccco2)c(=O)c2sccc21. The highest BCUT2D eigenvalue weighted by molar-refractivity contribution is 7.17. The van der Waals surface area contributed by atoms with Crippen molar-refractivity contribution >= 4 is 33.4 Å². The average molecular weight is 487 g/mol. The predicted octanol–water partition coefficient (Wildman–Crippen LogP) is 2.71. The van der Waals surface area contributed by atoms with Crippen molar-refractivity contribution in [1.29, 1.82) is 0 Å². The maximum atomic E-state index is 13.3. The summed E-state index contributed by atoms with van der Waals surface area (Å²) in [4.78, 5) is 53.4. The third kappa shape index (κ3) is 5.16. The first kappa shape index (κ1) is 24.0. The van der Waals surface area contributed by atoms with E-state index in [1.807, 2.05) is 4.90 Å². The van der Waals surface area contributed by atoms with Crippen molar-refractivity contribution in [3.8, 4) is 0 Å². The molecular formula is C24H30N4O5S. The summed E-state index contributed by atoms with van der Waals surface area (Å²) in [5.74, 6) is 0.371. The molecule has 3 aromatic heterocycles. The number of likely N-dealkylation sites (tertiary alicyclic amines) is 1. The van der Waals surface area contributed by atoms with Gasteiger partial charge in [0.05, 0.1) is 18.3 Å². The molecule has 0 spiro atoms. The molecule has 1 fully saturated rings. The molecule has 34 heavy (non-hydrogen) atoms. The van der Waals surface area contributed by atoms with Gasteiger partial charge in [-0.25, -0.2) is 4.79 Å². The van der Waals surface area contributed by atoms with Gasteiger partial charge in [0.1, 0.15) is 17.0 Å². The lowest BCUT2D eigenvalue weighted by molar-refractivity contribution is -0.135. The average Bonchev–Trinajstić information content (AvgIpc) is 3.55. The molecule has 4 rings (SSSR count). The summed E-state index contributed by atoms with van der Waals surface area (Å²) in [5, 5.41) is 4.52. The molecule has 182 valence electrons. The van der Waals surface area contributed by atoms with E-state index in [2.05, 4.69) is 12.2 Å². The molecule has 0 bridgehead atoms. The van der Waals surface area contributed by atoms with Gasteiger partial charge in [0.15, 0.2) is 0 Å². The number of nitrogens with one attached hydrogen (secondary N) is 1. The molecule has 1 aliphatic heterocycles. The minimum Gasteiger partial charge on any atom is -0.467 e. The first-order valence-corrected chi connectivity index (χ1v) is 12.7. The molecule has 1 N–H and O–H groups in total. The van der Waals surface area contributed by atoms with Crippen LogP contribution >= 0.6 is 11.3 Å². The third-order valence-electron chi connectivity index (χ3n) is 6.37. The minimum absolute atomic E-state index is 0.0908.